The third-order valence-corrected chi connectivity index (χ3v) is 6.08. The second-order valence-corrected chi connectivity index (χ2v) is 8.37. The topological polar surface area (TPSA) is 63.9 Å². The molecule has 0 amide bonds. The van der Waals surface area contributed by atoms with Crippen molar-refractivity contribution in [2.75, 3.05) is 32.6 Å². The number of rotatable bonds is 7. The summed E-state index contributed by atoms with van der Waals surface area (Å²) in [6.07, 6.45) is 6.65. The third kappa shape index (κ3) is 3.94. The Bertz CT molecular complexity index is 1020. The van der Waals surface area contributed by atoms with Crippen LogP contribution in [-0.2, 0) is 6.54 Å². The van der Waals surface area contributed by atoms with Gasteiger partial charge in [-0.3, -0.25) is 0 Å². The summed E-state index contributed by atoms with van der Waals surface area (Å²) in [4.78, 5) is 7.02. The molecule has 0 unspecified atom stereocenters. The molecule has 1 aliphatic carbocycles. The van der Waals surface area contributed by atoms with Crippen molar-refractivity contribution >= 4 is 11.3 Å². The summed E-state index contributed by atoms with van der Waals surface area (Å²) < 4.78 is 13.8. The Kier molecular flexibility index (Phi) is 5.21. The number of fused-ring (bicyclic) bond motifs is 1. The number of methoxy groups -OCH3 is 1. The monoisotopic (exact) mass is 407 g/mol. The van der Waals surface area contributed by atoms with Gasteiger partial charge in [0.05, 0.1) is 24.7 Å². The average molecular weight is 408 g/mol. The zero-order valence-electron chi connectivity index (χ0n) is 17.7. The minimum atomic E-state index is 0.209. The molecule has 1 saturated carbocycles. The van der Waals surface area contributed by atoms with Crippen LogP contribution in [0.2, 0.25) is 0 Å². The van der Waals surface area contributed by atoms with E-state index < -0.39 is 0 Å². The highest BCUT2D eigenvalue weighted by molar-refractivity contribution is 5.69. The van der Waals surface area contributed by atoms with Gasteiger partial charge in [0.15, 0.2) is 5.65 Å². The first-order valence-corrected chi connectivity index (χ1v) is 10.8. The van der Waals surface area contributed by atoms with Crippen molar-refractivity contribution in [3.63, 3.8) is 0 Å². The number of nitrogens with zero attached hydrogens (tertiary/aromatic N) is 4. The molecular formula is C23H29N5O2. The number of hydrogen-bond donors (Lipinski definition) is 1. The van der Waals surface area contributed by atoms with Crippen LogP contribution < -0.4 is 14.8 Å². The van der Waals surface area contributed by atoms with Crippen LogP contribution in [0, 0.1) is 0 Å². The Balaban J connectivity index is 1.43. The number of likely N-dealkylation sites (tertiary alicyclic amines) is 1. The lowest BCUT2D eigenvalue weighted by molar-refractivity contribution is 0.109. The van der Waals surface area contributed by atoms with Gasteiger partial charge in [0.2, 0.25) is 5.88 Å². The van der Waals surface area contributed by atoms with Gasteiger partial charge >= 0.3 is 0 Å². The zero-order valence-corrected chi connectivity index (χ0v) is 17.7. The summed E-state index contributed by atoms with van der Waals surface area (Å²) in [6.45, 7) is 2.76. The highest BCUT2D eigenvalue weighted by Crippen LogP contribution is 2.40. The van der Waals surface area contributed by atoms with E-state index in [-0.39, 0.29) is 6.10 Å². The number of ether oxygens (including phenoxy) is 2. The Morgan fingerprint density at radius 1 is 1.13 bits per heavy atom. The number of anilines is 1. The van der Waals surface area contributed by atoms with Crippen molar-refractivity contribution in [3.05, 3.63) is 47.8 Å². The molecule has 3 heterocycles. The van der Waals surface area contributed by atoms with E-state index in [1.807, 2.05) is 35.0 Å². The summed E-state index contributed by atoms with van der Waals surface area (Å²) in [6, 6.07) is 10.1. The largest absolute Gasteiger partial charge is 0.496 e. The maximum atomic E-state index is 6.32. The molecule has 1 aromatic carbocycles. The maximum Gasteiger partial charge on any atom is 0.234 e. The van der Waals surface area contributed by atoms with Crippen LogP contribution in [0.25, 0.3) is 5.65 Å². The van der Waals surface area contributed by atoms with Gasteiger partial charge in [0.1, 0.15) is 11.9 Å². The number of hydrogen-bond acceptors (Lipinski definition) is 6. The first-order chi connectivity index (χ1) is 14.7. The number of piperidine rings is 1. The zero-order chi connectivity index (χ0) is 20.5. The van der Waals surface area contributed by atoms with Crippen LogP contribution in [0.4, 0.5) is 5.69 Å². The number of imidazole rings is 1. The average Bonchev–Trinajstić information content (AvgIpc) is 3.53. The van der Waals surface area contributed by atoms with E-state index in [9.17, 15) is 0 Å². The molecule has 0 bridgehead atoms. The molecular weight excluding hydrogens is 378 g/mol. The van der Waals surface area contributed by atoms with Gasteiger partial charge in [0.25, 0.3) is 0 Å². The second-order valence-electron chi connectivity index (χ2n) is 8.37. The maximum absolute atomic E-state index is 6.32. The molecule has 7 nitrogen and oxygen atoms in total. The predicted octanol–water partition coefficient (Wildman–Crippen LogP) is 3.70. The van der Waals surface area contributed by atoms with Crippen molar-refractivity contribution in [3.8, 4) is 11.6 Å². The van der Waals surface area contributed by atoms with Gasteiger partial charge in [-0.2, -0.15) is 0 Å². The predicted molar refractivity (Wildman–Crippen MR) is 116 cm³/mol. The van der Waals surface area contributed by atoms with Crippen LogP contribution >= 0.6 is 0 Å². The van der Waals surface area contributed by atoms with E-state index in [0.29, 0.717) is 18.3 Å². The van der Waals surface area contributed by atoms with Crippen molar-refractivity contribution in [2.24, 2.45) is 0 Å². The van der Waals surface area contributed by atoms with E-state index >= 15 is 0 Å². The molecule has 5 rings (SSSR count). The molecule has 1 aliphatic heterocycles. The Morgan fingerprint density at radius 3 is 2.70 bits per heavy atom. The molecule has 0 atom stereocenters. The summed E-state index contributed by atoms with van der Waals surface area (Å²) in [7, 11) is 3.86. The molecule has 0 spiro atoms. The molecule has 0 radical (unpaired) electrons. The molecule has 7 heteroatoms. The smallest absolute Gasteiger partial charge is 0.234 e. The minimum absolute atomic E-state index is 0.209. The fourth-order valence-corrected chi connectivity index (χ4v) is 4.12. The standard InChI is InChI=1S/C23H29N5O2/c1-27-11-9-18(10-12-27)30-22-13-19(24-14-17-5-3-4-6-21(17)29-2)23-25-15-20(16-7-8-16)28(23)26-22/h3-6,13,15-16,18,24H,7-12,14H2,1-2H3. The van der Waals surface area contributed by atoms with Crippen LogP contribution in [-0.4, -0.2) is 52.8 Å². The molecule has 158 valence electrons. The van der Waals surface area contributed by atoms with Gasteiger partial charge in [-0.25, -0.2) is 9.50 Å². The Morgan fingerprint density at radius 2 is 1.93 bits per heavy atom. The summed E-state index contributed by atoms with van der Waals surface area (Å²) in [5.41, 5.74) is 4.06. The molecule has 2 fully saturated rings. The van der Waals surface area contributed by atoms with Gasteiger partial charge in [-0.1, -0.05) is 18.2 Å². The van der Waals surface area contributed by atoms with Gasteiger partial charge in [0, 0.05) is 37.2 Å². The summed E-state index contributed by atoms with van der Waals surface area (Å²) >= 11 is 0. The summed E-state index contributed by atoms with van der Waals surface area (Å²) in [5, 5.41) is 8.36. The highest BCUT2D eigenvalue weighted by Gasteiger charge is 2.28. The number of benzene rings is 1. The fraction of sp³-hybridized carbons (Fsp3) is 0.478. The molecule has 2 aliphatic rings. The van der Waals surface area contributed by atoms with Crippen molar-refractivity contribution in [1.82, 2.24) is 19.5 Å². The quantitative estimate of drug-likeness (QED) is 0.644. The molecule has 3 aromatic rings. The number of aromatic nitrogens is 3. The van der Waals surface area contributed by atoms with Crippen molar-refractivity contribution < 1.29 is 9.47 Å². The first-order valence-electron chi connectivity index (χ1n) is 10.8. The van der Waals surface area contributed by atoms with Crippen LogP contribution in [0.1, 0.15) is 42.9 Å². The van der Waals surface area contributed by atoms with Crippen LogP contribution in [0.5, 0.6) is 11.6 Å². The molecule has 1 saturated heterocycles. The minimum Gasteiger partial charge on any atom is -0.496 e. The van der Waals surface area contributed by atoms with Gasteiger partial charge < -0.3 is 19.7 Å². The number of nitrogens with one attached hydrogen (secondary N) is 1. The highest BCUT2D eigenvalue weighted by atomic mass is 16.5. The van der Waals surface area contributed by atoms with E-state index in [0.717, 1.165) is 48.6 Å². The fourth-order valence-electron chi connectivity index (χ4n) is 4.12. The number of para-hydroxylation sites is 1. The van der Waals surface area contributed by atoms with Crippen molar-refractivity contribution in [1.29, 1.82) is 0 Å². The Labute approximate surface area is 177 Å². The Hall–Kier alpha value is -2.80. The second kappa shape index (κ2) is 8.14. The van der Waals surface area contributed by atoms with Crippen molar-refractivity contribution in [2.45, 2.75) is 44.2 Å². The third-order valence-electron chi connectivity index (χ3n) is 6.08. The van der Waals surface area contributed by atoms with E-state index in [4.69, 9.17) is 14.6 Å². The van der Waals surface area contributed by atoms with Crippen LogP contribution in [0.3, 0.4) is 0 Å². The SMILES string of the molecule is COc1ccccc1CNc1cc(OC2CCN(C)CC2)nn2c(C3CC3)cnc12. The molecule has 30 heavy (non-hydrogen) atoms. The lowest BCUT2D eigenvalue weighted by Crippen LogP contribution is -2.35. The van der Waals surface area contributed by atoms with E-state index in [1.165, 1.54) is 18.5 Å². The summed E-state index contributed by atoms with van der Waals surface area (Å²) in [5.74, 6) is 2.10. The van der Waals surface area contributed by atoms with E-state index in [2.05, 4.69) is 28.3 Å². The molecule has 2 aromatic heterocycles. The lowest BCUT2D eigenvalue weighted by Gasteiger charge is -2.29. The normalized spacial score (nSPS) is 17.9. The van der Waals surface area contributed by atoms with Gasteiger partial charge in [-0.15, -0.1) is 5.10 Å². The molecule has 1 N–H and O–H groups in total. The van der Waals surface area contributed by atoms with Crippen LogP contribution in [0.15, 0.2) is 36.5 Å². The van der Waals surface area contributed by atoms with Gasteiger partial charge in [-0.05, 0) is 38.8 Å². The first kappa shape index (κ1) is 19.2. The lowest BCUT2D eigenvalue weighted by atomic mass is 10.1. The van der Waals surface area contributed by atoms with E-state index in [1.54, 1.807) is 7.11 Å².